The summed E-state index contributed by atoms with van der Waals surface area (Å²) >= 11 is 6.36. The second-order valence-electron chi connectivity index (χ2n) is 7.54. The molecular weight excluding hydrogens is 489 g/mol. The van der Waals surface area contributed by atoms with Crippen LogP contribution in [0.1, 0.15) is 6.42 Å². The Labute approximate surface area is 209 Å². The molecule has 9 nitrogen and oxygen atoms in total. The predicted molar refractivity (Wildman–Crippen MR) is 137 cm³/mol. The molecule has 2 aromatic heterocycles. The molecule has 0 unspecified atom stereocenters. The fourth-order valence-electron chi connectivity index (χ4n) is 3.50. The molecule has 4 aromatic rings. The van der Waals surface area contributed by atoms with Crippen LogP contribution in [0.3, 0.4) is 0 Å². The number of halogens is 1. The third kappa shape index (κ3) is 5.37. The van der Waals surface area contributed by atoms with Crippen molar-refractivity contribution in [3.63, 3.8) is 0 Å². The minimum atomic E-state index is -3.80. The molecule has 0 aliphatic carbocycles. The van der Waals surface area contributed by atoms with Gasteiger partial charge in [0.1, 0.15) is 30.1 Å². The first-order valence-corrected chi connectivity index (χ1v) is 12.5. The molecule has 0 fully saturated rings. The zero-order valence-electron chi connectivity index (χ0n) is 19.2. The van der Waals surface area contributed by atoms with Crippen molar-refractivity contribution in [3.8, 4) is 22.8 Å². The Morgan fingerprint density at radius 1 is 1.09 bits per heavy atom. The van der Waals surface area contributed by atoms with Crippen molar-refractivity contribution in [2.24, 2.45) is 0 Å². The van der Waals surface area contributed by atoms with E-state index in [9.17, 15) is 8.42 Å². The number of aromatic nitrogens is 3. The van der Waals surface area contributed by atoms with Gasteiger partial charge < -0.3 is 14.8 Å². The van der Waals surface area contributed by atoms with Gasteiger partial charge in [0.05, 0.1) is 19.9 Å². The van der Waals surface area contributed by atoms with Gasteiger partial charge >= 0.3 is 0 Å². The van der Waals surface area contributed by atoms with Crippen molar-refractivity contribution in [2.75, 3.05) is 32.6 Å². The van der Waals surface area contributed by atoms with Crippen LogP contribution in [-0.4, -0.2) is 58.2 Å². The number of sulfonamides is 1. The number of nitrogens with zero attached hydrogens (tertiary/aromatic N) is 3. The molecule has 2 radical (unpaired) electrons. The maximum atomic E-state index is 12.8. The van der Waals surface area contributed by atoms with Crippen molar-refractivity contribution in [1.82, 2.24) is 19.3 Å². The normalized spacial score (nSPS) is 11.5. The number of hydrogen-bond acceptors (Lipinski definition) is 7. The van der Waals surface area contributed by atoms with E-state index in [1.807, 2.05) is 24.3 Å². The molecule has 0 saturated carbocycles. The number of hydrogen-bond donors (Lipinski definition) is 2. The standard InChI is InChI=1S/C23H23BClN5O4S/c1-33-15-8-9-20(34-2)21(12-15)35(31,32)28-11-5-10-26-22-13-19(16-6-3-4-7-18(16)25)29-23-17(24)14-27-30(22)23/h3-4,6-9,12-14,26,28H,5,10-11H2,1-2H3. The van der Waals surface area contributed by atoms with E-state index < -0.39 is 10.0 Å². The maximum Gasteiger partial charge on any atom is 0.244 e. The summed E-state index contributed by atoms with van der Waals surface area (Å²) < 4.78 is 40.1. The quantitative estimate of drug-likeness (QED) is 0.249. The first kappa shape index (κ1) is 24.8. The minimum absolute atomic E-state index is 0.0135. The first-order chi connectivity index (χ1) is 16.8. The molecule has 4 rings (SSSR count). The highest BCUT2D eigenvalue weighted by atomic mass is 35.5. The summed E-state index contributed by atoms with van der Waals surface area (Å²) in [6, 6.07) is 13.8. The van der Waals surface area contributed by atoms with Crippen LogP contribution in [0, 0.1) is 0 Å². The van der Waals surface area contributed by atoms with Gasteiger partial charge in [-0.3, -0.25) is 0 Å². The van der Waals surface area contributed by atoms with Gasteiger partial charge in [-0.25, -0.2) is 18.1 Å². The molecule has 0 bridgehead atoms. The number of rotatable bonds is 10. The Bertz CT molecular complexity index is 1460. The van der Waals surface area contributed by atoms with E-state index in [1.54, 1.807) is 22.7 Å². The molecule has 35 heavy (non-hydrogen) atoms. The maximum absolute atomic E-state index is 12.8. The van der Waals surface area contributed by atoms with Crippen molar-refractivity contribution in [1.29, 1.82) is 0 Å². The molecule has 0 aliphatic rings. The molecule has 2 N–H and O–H groups in total. The van der Waals surface area contributed by atoms with Crippen LogP contribution in [-0.2, 0) is 10.0 Å². The van der Waals surface area contributed by atoms with Gasteiger partial charge in [0.25, 0.3) is 0 Å². The number of nitrogens with one attached hydrogen (secondary N) is 2. The summed E-state index contributed by atoms with van der Waals surface area (Å²) in [5, 5.41) is 8.13. The molecule has 2 heterocycles. The van der Waals surface area contributed by atoms with Crippen molar-refractivity contribution < 1.29 is 17.9 Å². The molecular formula is C23H23BClN5O4S. The summed E-state index contributed by atoms with van der Waals surface area (Å²) in [4.78, 5) is 4.62. The lowest BCUT2D eigenvalue weighted by Crippen LogP contribution is -2.26. The summed E-state index contributed by atoms with van der Waals surface area (Å²) in [5.41, 5.74) is 2.33. The summed E-state index contributed by atoms with van der Waals surface area (Å²) in [6.45, 7) is 0.654. The largest absolute Gasteiger partial charge is 0.497 e. The van der Waals surface area contributed by atoms with E-state index >= 15 is 0 Å². The third-order valence-electron chi connectivity index (χ3n) is 5.26. The van der Waals surface area contributed by atoms with Gasteiger partial charge in [-0.15, -0.1) is 0 Å². The van der Waals surface area contributed by atoms with Crippen molar-refractivity contribution >= 4 is 46.4 Å². The topological polar surface area (TPSA) is 107 Å². The fraction of sp³-hybridized carbons (Fsp3) is 0.217. The van der Waals surface area contributed by atoms with Crippen LogP contribution in [0.4, 0.5) is 5.82 Å². The van der Waals surface area contributed by atoms with E-state index in [0.717, 1.165) is 5.56 Å². The van der Waals surface area contributed by atoms with Crippen LogP contribution in [0.25, 0.3) is 16.9 Å². The van der Waals surface area contributed by atoms with Gasteiger partial charge in [0.15, 0.2) is 5.65 Å². The van der Waals surface area contributed by atoms with Gasteiger partial charge in [-0.05, 0) is 30.1 Å². The lowest BCUT2D eigenvalue weighted by molar-refractivity contribution is 0.392. The number of fused-ring (bicyclic) bond motifs is 1. The lowest BCUT2D eigenvalue weighted by atomic mass is 10.0. The van der Waals surface area contributed by atoms with Crippen LogP contribution in [0.15, 0.2) is 59.6 Å². The average molecular weight is 512 g/mol. The summed E-state index contributed by atoms with van der Waals surface area (Å²) in [6.07, 6.45) is 2.02. The Balaban J connectivity index is 1.46. The molecule has 12 heteroatoms. The summed E-state index contributed by atoms with van der Waals surface area (Å²) in [7, 11) is 5.14. The lowest BCUT2D eigenvalue weighted by Gasteiger charge is -2.13. The Kier molecular flexibility index (Phi) is 7.49. The molecule has 2 aromatic carbocycles. The van der Waals surface area contributed by atoms with Gasteiger partial charge in [-0.2, -0.15) is 9.61 Å². The molecule has 0 aliphatic heterocycles. The van der Waals surface area contributed by atoms with Crippen LogP contribution in [0.5, 0.6) is 11.5 Å². The van der Waals surface area contributed by atoms with Crippen LogP contribution in [0.2, 0.25) is 5.02 Å². The Morgan fingerprint density at radius 2 is 1.89 bits per heavy atom. The molecule has 0 amide bonds. The second-order valence-corrected chi connectivity index (χ2v) is 9.68. The van der Waals surface area contributed by atoms with E-state index in [-0.39, 0.29) is 17.2 Å². The van der Waals surface area contributed by atoms with E-state index in [4.69, 9.17) is 28.9 Å². The van der Waals surface area contributed by atoms with E-state index in [0.29, 0.717) is 46.4 Å². The molecule has 0 spiro atoms. The monoisotopic (exact) mass is 511 g/mol. The first-order valence-electron chi connectivity index (χ1n) is 10.7. The highest BCUT2D eigenvalue weighted by molar-refractivity contribution is 7.89. The zero-order chi connectivity index (χ0) is 25.0. The van der Waals surface area contributed by atoms with E-state index in [1.165, 1.54) is 26.5 Å². The van der Waals surface area contributed by atoms with E-state index in [2.05, 4.69) is 20.1 Å². The minimum Gasteiger partial charge on any atom is -0.497 e. The third-order valence-corrected chi connectivity index (χ3v) is 7.07. The number of benzene rings is 2. The molecule has 0 saturated heterocycles. The highest BCUT2D eigenvalue weighted by Gasteiger charge is 2.20. The molecule has 180 valence electrons. The average Bonchev–Trinajstić information content (AvgIpc) is 3.24. The molecule has 0 atom stereocenters. The smallest absolute Gasteiger partial charge is 0.244 e. The number of methoxy groups -OCH3 is 2. The summed E-state index contributed by atoms with van der Waals surface area (Å²) in [5.74, 6) is 1.31. The second kappa shape index (κ2) is 10.6. The predicted octanol–water partition coefficient (Wildman–Crippen LogP) is 2.64. The Hall–Kier alpha value is -3.28. The Morgan fingerprint density at radius 3 is 2.63 bits per heavy atom. The van der Waals surface area contributed by atoms with Gasteiger partial charge in [-0.1, -0.05) is 29.8 Å². The van der Waals surface area contributed by atoms with Crippen LogP contribution >= 0.6 is 11.6 Å². The SMILES string of the molecule is [B]c1cnn2c(NCCCNS(=O)(=O)c3cc(OC)ccc3OC)cc(-c3ccccc3Cl)nc12. The number of ether oxygens (including phenoxy) is 2. The highest BCUT2D eigenvalue weighted by Crippen LogP contribution is 2.29. The number of anilines is 1. The van der Waals surface area contributed by atoms with Gasteiger partial charge in [0.2, 0.25) is 10.0 Å². The van der Waals surface area contributed by atoms with Crippen molar-refractivity contribution in [2.45, 2.75) is 11.3 Å². The zero-order valence-corrected chi connectivity index (χ0v) is 20.7. The fourth-order valence-corrected chi connectivity index (χ4v) is 4.98. The van der Waals surface area contributed by atoms with Crippen molar-refractivity contribution in [3.05, 3.63) is 59.8 Å². The van der Waals surface area contributed by atoms with Crippen LogP contribution < -0.4 is 25.0 Å². The van der Waals surface area contributed by atoms with Gasteiger partial charge in [0, 0.05) is 42.0 Å².